The molecule has 2 aliphatic heterocycles. The number of benzene rings is 4. The van der Waals surface area contributed by atoms with Crippen LogP contribution < -0.4 is 26.3 Å². The summed E-state index contributed by atoms with van der Waals surface area (Å²) in [5.74, 6) is -1.50. The fourth-order valence-electron chi connectivity index (χ4n) is 8.61. The molecule has 2 fully saturated rings. The first-order valence-corrected chi connectivity index (χ1v) is 23.1. The molecule has 4 amide bonds. The van der Waals surface area contributed by atoms with Gasteiger partial charge in [-0.1, -0.05) is 148 Å². The van der Waals surface area contributed by atoms with Crippen LogP contribution in [0.5, 0.6) is 0 Å². The van der Waals surface area contributed by atoms with Gasteiger partial charge in [0.2, 0.25) is 23.6 Å². The maximum absolute atomic E-state index is 14.1. The van der Waals surface area contributed by atoms with Gasteiger partial charge in [0.05, 0.1) is 0 Å². The lowest BCUT2D eigenvalue weighted by Gasteiger charge is -2.41. The van der Waals surface area contributed by atoms with Crippen LogP contribution in [0.4, 0.5) is 0 Å². The first-order chi connectivity index (χ1) is 28.5. The highest BCUT2D eigenvalue weighted by molar-refractivity contribution is 6.98. The number of nitrogens with one attached hydrogen (secondary N) is 3. The van der Waals surface area contributed by atoms with Gasteiger partial charge in [-0.3, -0.25) is 24.0 Å². The molecule has 0 unspecified atom stereocenters. The van der Waals surface area contributed by atoms with E-state index in [1.165, 1.54) is 0 Å². The molecule has 0 radical (unpaired) electrons. The zero-order valence-electron chi connectivity index (χ0n) is 34.3. The van der Waals surface area contributed by atoms with Crippen molar-refractivity contribution in [3.8, 4) is 0 Å². The van der Waals surface area contributed by atoms with E-state index in [2.05, 4.69) is 29.8 Å². The Morgan fingerprint density at radius 3 is 1.71 bits per heavy atom. The molecule has 4 aromatic rings. The average molecular weight is 815 g/mol. The maximum atomic E-state index is 14.1. The van der Waals surface area contributed by atoms with Crippen LogP contribution in [-0.2, 0) is 36.8 Å². The van der Waals surface area contributed by atoms with Gasteiger partial charge in [0.1, 0.15) is 30.0 Å². The summed E-state index contributed by atoms with van der Waals surface area (Å²) in [6.07, 6.45) is 4.95. The lowest BCUT2D eigenvalue weighted by atomic mass is 9.99. The number of ketones is 1. The van der Waals surface area contributed by atoms with Crippen LogP contribution in [0.1, 0.15) is 82.8 Å². The predicted octanol–water partition coefficient (Wildman–Crippen LogP) is 4.76. The molecule has 0 aliphatic carbocycles. The van der Waals surface area contributed by atoms with Crippen molar-refractivity contribution < 1.29 is 28.8 Å². The van der Waals surface area contributed by atoms with Gasteiger partial charge in [-0.15, -0.1) is 0 Å². The first-order valence-electron chi connectivity index (χ1n) is 21.1. The third kappa shape index (κ3) is 10.8. The van der Waals surface area contributed by atoms with Gasteiger partial charge in [0.15, 0.2) is 0 Å². The molecule has 10 nitrogen and oxygen atoms in total. The van der Waals surface area contributed by atoms with E-state index in [1.807, 2.05) is 121 Å². The Morgan fingerprint density at radius 1 is 0.644 bits per heavy atom. The van der Waals surface area contributed by atoms with Crippen molar-refractivity contribution in [3.63, 3.8) is 0 Å². The van der Waals surface area contributed by atoms with Gasteiger partial charge in [0, 0.05) is 32.2 Å². The molecule has 0 bridgehead atoms. The number of carbonyl (C=O) groups excluding carboxylic acids is 5. The number of amides is 4. The Balaban J connectivity index is 1.09. The smallest absolute Gasteiger partial charge is 0.258 e. The van der Waals surface area contributed by atoms with E-state index in [0.29, 0.717) is 64.3 Å². The van der Waals surface area contributed by atoms with E-state index in [-0.39, 0.29) is 30.4 Å². The van der Waals surface area contributed by atoms with Crippen LogP contribution in [0.25, 0.3) is 0 Å². The predicted molar refractivity (Wildman–Crippen MR) is 232 cm³/mol. The minimum Gasteiger partial charge on any atom is -0.424 e. The lowest BCUT2D eigenvalue weighted by Crippen LogP contribution is -2.65. The molecule has 2 heterocycles. The van der Waals surface area contributed by atoms with Crippen LogP contribution in [-0.4, -0.2) is 78.1 Å². The number of rotatable bonds is 16. The molecule has 310 valence electrons. The molecule has 6 rings (SSSR count). The van der Waals surface area contributed by atoms with Crippen LogP contribution in [0.3, 0.4) is 0 Å². The van der Waals surface area contributed by atoms with Gasteiger partial charge in [-0.05, 0) is 58.6 Å². The van der Waals surface area contributed by atoms with Crippen LogP contribution >= 0.6 is 0 Å². The Labute approximate surface area is 349 Å². The van der Waals surface area contributed by atoms with E-state index in [9.17, 15) is 28.8 Å². The summed E-state index contributed by atoms with van der Waals surface area (Å²) in [6, 6.07) is 34.8. The number of hydrogen-bond acceptors (Lipinski definition) is 6. The van der Waals surface area contributed by atoms with Gasteiger partial charge in [0.25, 0.3) is 8.32 Å². The SMILES string of the molecule is CC(C)(CCC(=O)CCCCC[C@@H]1NC(=O)[C@H]2CCCN2C(=O)[C@H](Cc2ccccc2)NC(=O)[C@H](Cc2ccccc2)NC1=O)[Si](O)(c1ccccc1)c1ccccc1. The second kappa shape index (κ2) is 20.0. The Bertz CT molecular complexity index is 1990. The minimum absolute atomic E-state index is 0.124. The standard InChI is InChI=1S/C48H58N4O6Si/c1-48(2,59(58,38-24-13-6-14-25-38)39-26-15-7-16-27-39)31-30-37(53)23-12-5-17-28-40-44(54)50-41(33-35-19-8-3-9-20-35)45(55)51-42(34-36-21-10-4-11-22-36)47(57)52-32-18-29-43(52)46(56)49-40/h3-4,6-11,13-16,19-22,24-27,40-43,58H,5,12,17-18,23,28-34H2,1-2H3,(H,49,56)(H,50,54)(H,51,55)/t40-,41-,42-,43+/m0/s1. The number of hydrogen-bond donors (Lipinski definition) is 4. The first kappa shape index (κ1) is 43.2. The molecule has 0 spiro atoms. The molecule has 11 heteroatoms. The van der Waals surface area contributed by atoms with Crippen molar-refractivity contribution in [3.05, 3.63) is 132 Å². The van der Waals surface area contributed by atoms with Crippen molar-refractivity contribution in [1.29, 1.82) is 0 Å². The number of carbonyl (C=O) groups is 5. The largest absolute Gasteiger partial charge is 0.424 e. The van der Waals surface area contributed by atoms with Crippen LogP contribution in [0.15, 0.2) is 121 Å². The van der Waals surface area contributed by atoms with Gasteiger partial charge >= 0.3 is 0 Å². The summed E-state index contributed by atoms with van der Waals surface area (Å²) in [7, 11) is -3.23. The third-order valence-corrected chi connectivity index (χ3v) is 16.7. The van der Waals surface area contributed by atoms with Crippen molar-refractivity contribution in [1.82, 2.24) is 20.9 Å². The summed E-state index contributed by atoms with van der Waals surface area (Å²) >= 11 is 0. The van der Waals surface area contributed by atoms with Crippen molar-refractivity contribution >= 4 is 48.1 Å². The Hall–Kier alpha value is -5.39. The van der Waals surface area contributed by atoms with E-state index in [0.717, 1.165) is 21.5 Å². The second-order valence-corrected chi connectivity index (χ2v) is 20.6. The fraction of sp³-hybridized carbons (Fsp3) is 0.396. The molecule has 2 saturated heterocycles. The highest BCUT2D eigenvalue weighted by Crippen LogP contribution is 2.40. The van der Waals surface area contributed by atoms with E-state index in [1.54, 1.807) is 4.90 Å². The number of unbranched alkanes of at least 4 members (excludes halogenated alkanes) is 2. The normalized spacial score (nSPS) is 20.4. The molecule has 59 heavy (non-hydrogen) atoms. The average Bonchev–Trinajstić information content (AvgIpc) is 3.75. The molecular formula is C48H58N4O6Si. The summed E-state index contributed by atoms with van der Waals surface area (Å²) in [6.45, 7) is 4.51. The second-order valence-electron chi connectivity index (χ2n) is 16.7. The van der Waals surface area contributed by atoms with Crippen molar-refractivity contribution in [2.24, 2.45) is 0 Å². The number of Topliss-reactive ketones (excluding diaryl/α,β-unsaturated/α-hetero) is 1. The molecule has 4 atom stereocenters. The van der Waals surface area contributed by atoms with Gasteiger partial charge in [-0.25, -0.2) is 0 Å². The molecule has 2 aliphatic rings. The maximum Gasteiger partial charge on any atom is 0.258 e. The van der Waals surface area contributed by atoms with Gasteiger partial charge < -0.3 is 25.6 Å². The third-order valence-electron chi connectivity index (χ3n) is 12.1. The summed E-state index contributed by atoms with van der Waals surface area (Å²) in [5, 5.41) is 10.1. The zero-order valence-corrected chi connectivity index (χ0v) is 35.3. The number of fused-ring (bicyclic) bond motifs is 1. The topological polar surface area (TPSA) is 145 Å². The van der Waals surface area contributed by atoms with E-state index in [4.69, 9.17) is 0 Å². The molecule has 0 aromatic heterocycles. The minimum atomic E-state index is -3.23. The number of nitrogens with zero attached hydrogens (tertiary/aromatic N) is 1. The molecule has 0 saturated carbocycles. The zero-order chi connectivity index (χ0) is 41.8. The van der Waals surface area contributed by atoms with Crippen molar-refractivity contribution in [2.45, 2.75) is 114 Å². The van der Waals surface area contributed by atoms with E-state index >= 15 is 0 Å². The highest BCUT2D eigenvalue weighted by Gasteiger charge is 2.49. The quantitative estimate of drug-likeness (QED) is 0.0949. The molecular weight excluding hydrogens is 757 g/mol. The van der Waals surface area contributed by atoms with E-state index < -0.39 is 49.3 Å². The summed E-state index contributed by atoms with van der Waals surface area (Å²) in [5.41, 5.74) is 1.71. The fourth-order valence-corrected chi connectivity index (χ4v) is 12.3. The van der Waals surface area contributed by atoms with Crippen molar-refractivity contribution in [2.75, 3.05) is 6.54 Å². The van der Waals surface area contributed by atoms with Crippen LogP contribution in [0, 0.1) is 0 Å². The Kier molecular flexibility index (Phi) is 14.7. The van der Waals surface area contributed by atoms with Gasteiger partial charge in [-0.2, -0.15) is 0 Å². The highest BCUT2D eigenvalue weighted by atomic mass is 28.4. The molecule has 4 N–H and O–H groups in total. The molecule has 4 aromatic carbocycles. The summed E-state index contributed by atoms with van der Waals surface area (Å²) < 4.78 is 0. The van der Waals surface area contributed by atoms with Crippen LogP contribution in [0.2, 0.25) is 5.04 Å². The Morgan fingerprint density at radius 2 is 1.14 bits per heavy atom. The lowest BCUT2D eigenvalue weighted by molar-refractivity contribution is -0.143. The monoisotopic (exact) mass is 814 g/mol. The summed E-state index contributed by atoms with van der Waals surface area (Å²) in [4.78, 5) is 83.4.